The fraction of sp³-hybridized carbons (Fsp3) is 1.00. The summed E-state index contributed by atoms with van der Waals surface area (Å²) in [6.45, 7) is 6.42. The van der Waals surface area contributed by atoms with Gasteiger partial charge in [-0.3, -0.25) is 0 Å². The summed E-state index contributed by atoms with van der Waals surface area (Å²) in [7, 11) is 0. The first-order valence-corrected chi connectivity index (χ1v) is 4.86. The second-order valence-corrected chi connectivity index (χ2v) is 3.65. The maximum atomic E-state index is 2.42. The van der Waals surface area contributed by atoms with Gasteiger partial charge in [0.25, 0.3) is 0 Å². The van der Waals surface area contributed by atoms with Gasteiger partial charge in [0.1, 0.15) is 0 Å². The Balaban J connectivity index is 0.000000231. The summed E-state index contributed by atoms with van der Waals surface area (Å²) in [4.78, 5) is 0. The summed E-state index contributed by atoms with van der Waals surface area (Å²) in [6.07, 6.45) is 6.21. The molecule has 0 N–H and O–H groups in total. The van der Waals surface area contributed by atoms with Crippen molar-refractivity contribution < 1.29 is 0 Å². The van der Waals surface area contributed by atoms with Crippen LogP contribution >= 0.6 is 0 Å². The third kappa shape index (κ3) is 1.36. The molecule has 10 heavy (non-hydrogen) atoms. The lowest BCUT2D eigenvalue weighted by atomic mass is 9.91. The van der Waals surface area contributed by atoms with Crippen molar-refractivity contribution in [3.8, 4) is 0 Å². The Labute approximate surface area is 65.0 Å². The van der Waals surface area contributed by atoms with Crippen LogP contribution in [0, 0.1) is 17.8 Å². The number of hydrogen-bond acceptors (Lipinski definition) is 0. The third-order valence-corrected chi connectivity index (χ3v) is 3.09. The van der Waals surface area contributed by atoms with Crippen molar-refractivity contribution in [1.82, 2.24) is 0 Å². The molecule has 2 rings (SSSR count). The minimum atomic E-state index is 1.08. The SMILES string of the molecule is CC.CC1C[C@@H]2CC[C@H]1C2. The Kier molecular flexibility index (Phi) is 2.76. The van der Waals surface area contributed by atoms with Crippen molar-refractivity contribution >= 4 is 0 Å². The highest BCUT2D eigenvalue weighted by Gasteiger charge is 2.36. The van der Waals surface area contributed by atoms with Gasteiger partial charge in [-0.1, -0.05) is 27.2 Å². The summed E-state index contributed by atoms with van der Waals surface area (Å²) in [5.74, 6) is 3.36. The van der Waals surface area contributed by atoms with E-state index >= 15 is 0 Å². The van der Waals surface area contributed by atoms with Crippen molar-refractivity contribution in [3.63, 3.8) is 0 Å². The van der Waals surface area contributed by atoms with Gasteiger partial charge in [-0.2, -0.15) is 0 Å². The van der Waals surface area contributed by atoms with E-state index in [-0.39, 0.29) is 0 Å². The van der Waals surface area contributed by atoms with Crippen LogP contribution in [-0.4, -0.2) is 0 Å². The zero-order chi connectivity index (χ0) is 7.56. The third-order valence-electron chi connectivity index (χ3n) is 3.09. The summed E-state index contributed by atoms with van der Waals surface area (Å²) in [6, 6.07) is 0. The highest BCUT2D eigenvalue weighted by molar-refractivity contribution is 4.87. The van der Waals surface area contributed by atoms with Crippen molar-refractivity contribution in [3.05, 3.63) is 0 Å². The van der Waals surface area contributed by atoms with E-state index in [2.05, 4.69) is 6.92 Å². The molecule has 0 heterocycles. The summed E-state index contributed by atoms with van der Waals surface area (Å²) in [5, 5.41) is 0. The van der Waals surface area contributed by atoms with Crippen LogP contribution in [0.1, 0.15) is 46.5 Å². The molecule has 1 unspecified atom stereocenters. The van der Waals surface area contributed by atoms with E-state index in [1.54, 1.807) is 25.7 Å². The largest absolute Gasteiger partial charge is 0.0683 e. The van der Waals surface area contributed by atoms with Crippen LogP contribution < -0.4 is 0 Å². The van der Waals surface area contributed by atoms with Crippen LogP contribution in [0.25, 0.3) is 0 Å². The van der Waals surface area contributed by atoms with Crippen molar-refractivity contribution in [2.75, 3.05) is 0 Å². The Morgan fingerprint density at radius 3 is 1.90 bits per heavy atom. The van der Waals surface area contributed by atoms with E-state index in [9.17, 15) is 0 Å². The molecule has 2 fully saturated rings. The van der Waals surface area contributed by atoms with E-state index in [4.69, 9.17) is 0 Å². The average molecular weight is 140 g/mol. The number of fused-ring (bicyclic) bond motifs is 2. The first kappa shape index (κ1) is 8.10. The Morgan fingerprint density at radius 2 is 1.70 bits per heavy atom. The second-order valence-electron chi connectivity index (χ2n) is 3.65. The van der Waals surface area contributed by atoms with Gasteiger partial charge in [0.05, 0.1) is 0 Å². The fourth-order valence-corrected chi connectivity index (χ4v) is 2.56. The quantitative estimate of drug-likeness (QED) is 0.483. The van der Waals surface area contributed by atoms with Gasteiger partial charge in [0, 0.05) is 0 Å². The first-order chi connectivity index (χ1) is 4.86. The standard InChI is InChI=1S/C8H14.C2H6/c1-6-4-7-2-3-8(6)5-7;1-2/h6-8H,2-5H2,1H3;1-2H3/t6?,7-,8-;/m0./s1. The summed E-state index contributed by atoms with van der Waals surface area (Å²) in [5.41, 5.74) is 0. The highest BCUT2D eigenvalue weighted by atomic mass is 14.4. The van der Waals surface area contributed by atoms with Crippen LogP contribution in [-0.2, 0) is 0 Å². The van der Waals surface area contributed by atoms with Gasteiger partial charge in [-0.15, -0.1) is 0 Å². The molecule has 60 valence electrons. The topological polar surface area (TPSA) is 0 Å². The Morgan fingerprint density at radius 1 is 1.00 bits per heavy atom. The van der Waals surface area contributed by atoms with E-state index in [0.717, 1.165) is 17.8 Å². The molecular weight excluding hydrogens is 120 g/mol. The van der Waals surface area contributed by atoms with Crippen LogP contribution in [0.4, 0.5) is 0 Å². The summed E-state index contributed by atoms with van der Waals surface area (Å²) >= 11 is 0. The molecule has 2 bridgehead atoms. The van der Waals surface area contributed by atoms with Crippen molar-refractivity contribution in [2.45, 2.75) is 46.5 Å². The van der Waals surface area contributed by atoms with Crippen LogP contribution in [0.15, 0.2) is 0 Å². The Bertz CT molecular complexity index is 94.2. The normalized spacial score (nSPS) is 42.9. The predicted molar refractivity (Wildman–Crippen MR) is 46.0 cm³/mol. The molecule has 0 spiro atoms. The zero-order valence-electron chi connectivity index (χ0n) is 7.56. The Hall–Kier alpha value is 0. The molecule has 0 aliphatic heterocycles. The zero-order valence-corrected chi connectivity index (χ0v) is 7.56. The van der Waals surface area contributed by atoms with Crippen molar-refractivity contribution in [2.24, 2.45) is 17.8 Å². The molecule has 0 heteroatoms. The monoisotopic (exact) mass is 140 g/mol. The van der Waals surface area contributed by atoms with Gasteiger partial charge in [-0.05, 0) is 37.0 Å². The maximum absolute atomic E-state index is 2.42. The van der Waals surface area contributed by atoms with Crippen molar-refractivity contribution in [1.29, 1.82) is 0 Å². The van der Waals surface area contributed by atoms with E-state index < -0.39 is 0 Å². The lowest BCUT2D eigenvalue weighted by Gasteiger charge is -2.15. The molecule has 0 aromatic rings. The van der Waals surface area contributed by atoms with Gasteiger partial charge in [0.2, 0.25) is 0 Å². The highest BCUT2D eigenvalue weighted by Crippen LogP contribution is 2.47. The van der Waals surface area contributed by atoms with E-state index in [1.165, 1.54) is 0 Å². The van der Waals surface area contributed by atoms with Crippen LogP contribution in [0.2, 0.25) is 0 Å². The molecule has 0 aromatic heterocycles. The number of hydrogen-bond donors (Lipinski definition) is 0. The first-order valence-electron chi connectivity index (χ1n) is 4.86. The lowest BCUT2D eigenvalue weighted by molar-refractivity contribution is 0.360. The minimum absolute atomic E-state index is 1.08. The molecule has 0 saturated heterocycles. The number of rotatable bonds is 0. The molecule has 2 aliphatic rings. The predicted octanol–water partition coefficient (Wildman–Crippen LogP) is 3.47. The molecule has 0 radical (unpaired) electrons. The summed E-state index contributed by atoms with van der Waals surface area (Å²) < 4.78 is 0. The van der Waals surface area contributed by atoms with Crippen LogP contribution in [0.5, 0.6) is 0 Å². The molecule has 2 saturated carbocycles. The molecule has 0 amide bonds. The maximum Gasteiger partial charge on any atom is -0.0386 e. The van der Waals surface area contributed by atoms with Gasteiger partial charge < -0.3 is 0 Å². The molecular formula is C10H20. The molecule has 0 aromatic carbocycles. The smallest absolute Gasteiger partial charge is 0.0386 e. The second kappa shape index (κ2) is 3.41. The van der Waals surface area contributed by atoms with E-state index in [1.807, 2.05) is 13.8 Å². The van der Waals surface area contributed by atoms with E-state index in [0.29, 0.717) is 0 Å². The molecule has 3 atom stereocenters. The average Bonchev–Trinajstić information content (AvgIpc) is 2.52. The van der Waals surface area contributed by atoms with Gasteiger partial charge in [0.15, 0.2) is 0 Å². The van der Waals surface area contributed by atoms with Crippen LogP contribution in [0.3, 0.4) is 0 Å². The molecule has 2 aliphatic carbocycles. The minimum Gasteiger partial charge on any atom is -0.0683 e. The van der Waals surface area contributed by atoms with Gasteiger partial charge >= 0.3 is 0 Å². The lowest BCUT2D eigenvalue weighted by Crippen LogP contribution is -2.04. The molecule has 0 nitrogen and oxygen atoms in total. The fourth-order valence-electron chi connectivity index (χ4n) is 2.56. The van der Waals surface area contributed by atoms with Gasteiger partial charge in [-0.25, -0.2) is 0 Å².